The standard InChI is InChI=1S/C24H22F2N6O5S/c1-3-38(34,35)31-15-5-9-21(37-22-8-4-14(25)10-18(22)26)17(11-15)19-12-20(27-24(33)36-16-6-7-16)23-29-28-13(2)32(23)30-19/h4-5,8-12,16,31H,3,6-7H2,1-2H3,(H,27,33). The van der Waals surface area contributed by atoms with Crippen LogP contribution in [0.5, 0.6) is 11.5 Å². The fourth-order valence-corrected chi connectivity index (χ4v) is 4.12. The van der Waals surface area contributed by atoms with Crippen LogP contribution < -0.4 is 14.8 Å². The van der Waals surface area contributed by atoms with Gasteiger partial charge in [-0.2, -0.15) is 9.61 Å². The number of nitrogens with one attached hydrogen (secondary N) is 2. The monoisotopic (exact) mass is 544 g/mol. The maximum absolute atomic E-state index is 14.4. The number of nitrogens with zero attached hydrogens (tertiary/aromatic N) is 4. The molecule has 1 aliphatic carbocycles. The van der Waals surface area contributed by atoms with Crippen LogP contribution in [0.15, 0.2) is 42.5 Å². The normalized spacial score (nSPS) is 13.4. The van der Waals surface area contributed by atoms with Crippen LogP contribution in [0.1, 0.15) is 25.6 Å². The third-order valence-corrected chi connectivity index (χ3v) is 6.89. The number of ether oxygens (including phenoxy) is 2. The van der Waals surface area contributed by atoms with Crippen molar-refractivity contribution in [3.8, 4) is 22.8 Å². The molecule has 0 aliphatic heterocycles. The van der Waals surface area contributed by atoms with Gasteiger partial charge in [0.2, 0.25) is 15.7 Å². The second-order valence-electron chi connectivity index (χ2n) is 8.55. The van der Waals surface area contributed by atoms with Crippen molar-refractivity contribution < 1.29 is 31.5 Å². The summed E-state index contributed by atoms with van der Waals surface area (Å²) in [6.45, 7) is 3.14. The Bertz CT molecular complexity index is 1660. The second kappa shape index (κ2) is 9.85. The lowest BCUT2D eigenvalue weighted by Gasteiger charge is -2.15. The first-order chi connectivity index (χ1) is 18.1. The molecule has 0 radical (unpaired) electrons. The fourth-order valence-electron chi connectivity index (χ4n) is 3.49. The number of sulfonamides is 1. The summed E-state index contributed by atoms with van der Waals surface area (Å²) in [5, 5.41) is 15.2. The molecular weight excluding hydrogens is 522 g/mol. The molecule has 1 fully saturated rings. The molecule has 0 atom stereocenters. The average Bonchev–Trinajstić information content (AvgIpc) is 3.60. The molecule has 1 amide bonds. The van der Waals surface area contributed by atoms with Gasteiger partial charge >= 0.3 is 6.09 Å². The molecule has 14 heteroatoms. The highest BCUT2D eigenvalue weighted by atomic mass is 32.2. The first-order valence-electron chi connectivity index (χ1n) is 11.6. The number of aromatic nitrogens is 4. The van der Waals surface area contributed by atoms with Crippen LogP contribution in [0.3, 0.4) is 0 Å². The zero-order valence-corrected chi connectivity index (χ0v) is 21.1. The summed E-state index contributed by atoms with van der Waals surface area (Å²) < 4.78 is 67.1. The summed E-state index contributed by atoms with van der Waals surface area (Å²) in [7, 11) is -3.63. The molecule has 1 saturated carbocycles. The number of amides is 1. The van der Waals surface area contributed by atoms with E-state index < -0.39 is 27.8 Å². The van der Waals surface area contributed by atoms with Gasteiger partial charge in [-0.1, -0.05) is 0 Å². The van der Waals surface area contributed by atoms with E-state index in [4.69, 9.17) is 9.47 Å². The number of anilines is 2. The lowest BCUT2D eigenvalue weighted by atomic mass is 10.1. The highest BCUT2D eigenvalue weighted by molar-refractivity contribution is 7.92. The molecular formula is C24H22F2N6O5S. The van der Waals surface area contributed by atoms with Crippen LogP contribution in [-0.4, -0.2) is 46.2 Å². The SMILES string of the molecule is CCS(=O)(=O)Nc1ccc(Oc2ccc(F)cc2F)c(-c2cc(NC(=O)OC3CC3)c3nnc(C)n3n2)c1. The molecule has 2 aromatic carbocycles. The number of halogens is 2. The van der Waals surface area contributed by atoms with Gasteiger partial charge in [-0.15, -0.1) is 10.2 Å². The molecule has 198 valence electrons. The van der Waals surface area contributed by atoms with Crippen molar-refractivity contribution in [1.29, 1.82) is 0 Å². The summed E-state index contributed by atoms with van der Waals surface area (Å²) in [6.07, 6.45) is 0.757. The third-order valence-electron chi connectivity index (χ3n) is 5.58. The Hall–Kier alpha value is -4.33. The minimum Gasteiger partial charge on any atom is -0.454 e. The Kier molecular flexibility index (Phi) is 6.57. The number of carbonyl (C=O) groups is 1. The van der Waals surface area contributed by atoms with Crippen molar-refractivity contribution in [1.82, 2.24) is 19.8 Å². The van der Waals surface area contributed by atoms with Crippen LogP contribution in [0.25, 0.3) is 16.9 Å². The van der Waals surface area contributed by atoms with Crippen LogP contribution >= 0.6 is 0 Å². The van der Waals surface area contributed by atoms with Gasteiger partial charge in [0, 0.05) is 17.3 Å². The lowest BCUT2D eigenvalue weighted by molar-refractivity contribution is 0.154. The molecule has 2 aromatic heterocycles. The zero-order valence-electron chi connectivity index (χ0n) is 20.2. The van der Waals surface area contributed by atoms with E-state index >= 15 is 0 Å². The maximum atomic E-state index is 14.4. The van der Waals surface area contributed by atoms with Crippen molar-refractivity contribution in [3.63, 3.8) is 0 Å². The van der Waals surface area contributed by atoms with Gasteiger partial charge in [-0.3, -0.25) is 10.0 Å². The fraction of sp³-hybridized carbons (Fsp3) is 0.250. The Morgan fingerprint density at radius 2 is 1.87 bits per heavy atom. The predicted octanol–water partition coefficient (Wildman–Crippen LogP) is 4.64. The number of carbonyl (C=O) groups excluding carboxylic acids is 1. The first kappa shape index (κ1) is 25.3. The molecule has 0 unspecified atom stereocenters. The van der Waals surface area contributed by atoms with Crippen molar-refractivity contribution in [2.75, 3.05) is 15.8 Å². The van der Waals surface area contributed by atoms with Crippen LogP contribution in [0.4, 0.5) is 25.0 Å². The van der Waals surface area contributed by atoms with Gasteiger partial charge in [0.15, 0.2) is 17.4 Å². The lowest BCUT2D eigenvalue weighted by Crippen LogP contribution is -2.16. The van der Waals surface area contributed by atoms with E-state index in [9.17, 15) is 22.0 Å². The zero-order chi connectivity index (χ0) is 27.0. The van der Waals surface area contributed by atoms with Gasteiger partial charge in [-0.05, 0) is 63.1 Å². The van der Waals surface area contributed by atoms with E-state index in [0.717, 1.165) is 25.0 Å². The highest BCUT2D eigenvalue weighted by Gasteiger charge is 2.27. The van der Waals surface area contributed by atoms with Gasteiger partial charge in [0.1, 0.15) is 17.7 Å². The second-order valence-corrected chi connectivity index (χ2v) is 10.6. The Morgan fingerprint density at radius 3 is 2.58 bits per heavy atom. The van der Waals surface area contributed by atoms with E-state index in [-0.39, 0.29) is 51.6 Å². The highest BCUT2D eigenvalue weighted by Crippen LogP contribution is 2.37. The smallest absolute Gasteiger partial charge is 0.412 e. The molecule has 0 spiro atoms. The summed E-state index contributed by atoms with van der Waals surface area (Å²) >= 11 is 0. The van der Waals surface area contributed by atoms with Gasteiger partial charge in [0.05, 0.1) is 17.1 Å². The average molecular weight is 545 g/mol. The van der Waals surface area contributed by atoms with Crippen molar-refractivity contribution in [3.05, 3.63) is 59.9 Å². The van der Waals surface area contributed by atoms with Crippen molar-refractivity contribution in [2.45, 2.75) is 32.8 Å². The summed E-state index contributed by atoms with van der Waals surface area (Å²) in [5.41, 5.74) is 1.10. The van der Waals surface area contributed by atoms with Gasteiger partial charge < -0.3 is 9.47 Å². The number of benzene rings is 2. The molecule has 0 bridgehead atoms. The number of rotatable bonds is 8. The van der Waals surface area contributed by atoms with Crippen LogP contribution in [0.2, 0.25) is 0 Å². The largest absolute Gasteiger partial charge is 0.454 e. The van der Waals surface area contributed by atoms with E-state index in [1.807, 2.05) is 0 Å². The van der Waals surface area contributed by atoms with Crippen molar-refractivity contribution >= 4 is 33.1 Å². The molecule has 11 nitrogen and oxygen atoms in total. The van der Waals surface area contributed by atoms with E-state index in [0.29, 0.717) is 11.9 Å². The maximum Gasteiger partial charge on any atom is 0.412 e. The number of aryl methyl sites for hydroxylation is 1. The summed E-state index contributed by atoms with van der Waals surface area (Å²) in [6, 6.07) is 8.64. The molecule has 5 rings (SSSR count). The Morgan fingerprint density at radius 1 is 1.11 bits per heavy atom. The molecule has 4 aromatic rings. The van der Waals surface area contributed by atoms with E-state index in [1.165, 1.54) is 35.7 Å². The molecule has 2 heterocycles. The summed E-state index contributed by atoms with van der Waals surface area (Å²) in [5.74, 6) is -1.65. The quantitative estimate of drug-likeness (QED) is 0.327. The Balaban J connectivity index is 1.63. The number of hydrogen-bond acceptors (Lipinski definition) is 8. The van der Waals surface area contributed by atoms with E-state index in [1.54, 1.807) is 6.92 Å². The molecule has 2 N–H and O–H groups in total. The molecule has 38 heavy (non-hydrogen) atoms. The third kappa shape index (κ3) is 5.49. The molecule has 1 aliphatic rings. The summed E-state index contributed by atoms with van der Waals surface area (Å²) in [4.78, 5) is 12.4. The minimum absolute atomic E-state index is 0.0824. The Labute approximate surface area is 215 Å². The van der Waals surface area contributed by atoms with Crippen molar-refractivity contribution in [2.24, 2.45) is 0 Å². The van der Waals surface area contributed by atoms with Crippen LogP contribution in [0, 0.1) is 18.6 Å². The first-order valence-corrected chi connectivity index (χ1v) is 13.3. The number of fused-ring (bicyclic) bond motifs is 1. The van der Waals surface area contributed by atoms with E-state index in [2.05, 4.69) is 25.3 Å². The minimum atomic E-state index is -3.63. The van der Waals surface area contributed by atoms with Crippen LogP contribution in [-0.2, 0) is 14.8 Å². The topological polar surface area (TPSA) is 137 Å². The van der Waals surface area contributed by atoms with Gasteiger partial charge in [-0.25, -0.2) is 22.0 Å². The molecule has 0 saturated heterocycles. The predicted molar refractivity (Wildman–Crippen MR) is 134 cm³/mol. The van der Waals surface area contributed by atoms with Gasteiger partial charge in [0.25, 0.3) is 0 Å². The number of hydrogen-bond donors (Lipinski definition) is 2.